The molecule has 2 nitrogen and oxygen atoms in total. The summed E-state index contributed by atoms with van der Waals surface area (Å²) in [5.41, 5.74) is 1.91. The van der Waals surface area contributed by atoms with Crippen LogP contribution in [0.25, 0.3) is 6.08 Å². The van der Waals surface area contributed by atoms with E-state index in [9.17, 15) is 0 Å². The summed E-state index contributed by atoms with van der Waals surface area (Å²) in [5.74, 6) is 0.221. The molecule has 0 aliphatic heterocycles. The van der Waals surface area contributed by atoms with Crippen LogP contribution >= 0.6 is 0 Å². The molecule has 1 N–H and O–H groups in total. The van der Waals surface area contributed by atoms with E-state index < -0.39 is 0 Å². The number of allylic oxidation sites excluding steroid dienone is 1. The fourth-order valence-electron chi connectivity index (χ4n) is 0.934. The number of aromatic hydroxyl groups is 1. The highest BCUT2D eigenvalue weighted by atomic mass is 16.3. The van der Waals surface area contributed by atoms with Gasteiger partial charge in [-0.15, -0.1) is 0 Å². The molecule has 0 atom stereocenters. The molecule has 0 saturated heterocycles. The summed E-state index contributed by atoms with van der Waals surface area (Å²) in [7, 11) is 0. The molecule has 0 radical (unpaired) electrons. The van der Waals surface area contributed by atoms with Gasteiger partial charge in [0.2, 0.25) is 0 Å². The van der Waals surface area contributed by atoms with Gasteiger partial charge in [0.25, 0.3) is 0 Å². The van der Waals surface area contributed by atoms with Crippen LogP contribution in [-0.4, -0.2) is 5.11 Å². The Morgan fingerprint density at radius 1 is 1.50 bits per heavy atom. The van der Waals surface area contributed by atoms with E-state index in [0.717, 1.165) is 11.1 Å². The van der Waals surface area contributed by atoms with Crippen molar-refractivity contribution < 1.29 is 5.11 Å². The Bertz CT molecular complexity index is 347. The quantitative estimate of drug-likeness (QED) is 0.638. The van der Waals surface area contributed by atoms with Gasteiger partial charge in [0, 0.05) is 6.08 Å². The van der Waals surface area contributed by atoms with Crippen LogP contribution < -0.4 is 0 Å². The van der Waals surface area contributed by atoms with Crippen molar-refractivity contribution in [1.29, 1.82) is 5.26 Å². The minimum Gasteiger partial charge on any atom is -0.508 e. The largest absolute Gasteiger partial charge is 0.508 e. The minimum atomic E-state index is 0.221. The first-order chi connectivity index (χ1) is 5.74. The third-order valence-corrected chi connectivity index (χ3v) is 1.60. The molecule has 0 bridgehead atoms. The minimum absolute atomic E-state index is 0.221. The molecular weight excluding hydrogens is 150 g/mol. The Labute approximate surface area is 71.4 Å². The number of hydrogen-bond donors (Lipinski definition) is 1. The summed E-state index contributed by atoms with van der Waals surface area (Å²) in [4.78, 5) is 0. The highest BCUT2D eigenvalue weighted by Crippen LogP contribution is 2.16. The molecule has 0 heterocycles. The maximum Gasteiger partial charge on any atom is 0.116 e. The zero-order valence-corrected chi connectivity index (χ0v) is 6.78. The van der Waals surface area contributed by atoms with Crippen LogP contribution in [0.5, 0.6) is 5.75 Å². The van der Waals surface area contributed by atoms with Gasteiger partial charge in [0.1, 0.15) is 5.75 Å². The molecule has 0 aromatic heterocycles. The summed E-state index contributed by atoms with van der Waals surface area (Å²) in [6.07, 6.45) is 3.07. The topological polar surface area (TPSA) is 44.0 Å². The van der Waals surface area contributed by atoms with E-state index >= 15 is 0 Å². The Balaban J connectivity index is 3.07. The Hall–Kier alpha value is -1.75. The normalized spacial score (nSPS) is 10.0. The molecule has 0 spiro atoms. The molecule has 0 unspecified atom stereocenters. The second-order valence-electron chi connectivity index (χ2n) is 2.50. The van der Waals surface area contributed by atoms with E-state index in [1.807, 2.05) is 19.1 Å². The molecule has 1 aromatic rings. The molecule has 0 fully saturated rings. The van der Waals surface area contributed by atoms with Gasteiger partial charge in [-0.05, 0) is 36.3 Å². The molecule has 0 aliphatic carbocycles. The van der Waals surface area contributed by atoms with Crippen LogP contribution in [0, 0.1) is 18.3 Å². The highest BCUT2D eigenvalue weighted by molar-refractivity contribution is 5.57. The van der Waals surface area contributed by atoms with Crippen LogP contribution in [-0.2, 0) is 0 Å². The number of phenolic OH excluding ortho intramolecular Hbond substituents is 1. The number of aryl methyl sites for hydroxylation is 1. The Morgan fingerprint density at radius 3 is 2.92 bits per heavy atom. The summed E-state index contributed by atoms with van der Waals surface area (Å²) in [5, 5.41) is 17.4. The average Bonchev–Trinajstić information content (AvgIpc) is 2.07. The van der Waals surface area contributed by atoms with Gasteiger partial charge in [-0.25, -0.2) is 0 Å². The highest BCUT2D eigenvalue weighted by Gasteiger charge is 1.94. The number of hydrogen-bond acceptors (Lipinski definition) is 2. The fraction of sp³-hybridized carbons (Fsp3) is 0.100. The molecule has 0 amide bonds. The van der Waals surface area contributed by atoms with Gasteiger partial charge in [-0.3, -0.25) is 0 Å². The van der Waals surface area contributed by atoms with E-state index in [4.69, 9.17) is 10.4 Å². The lowest BCUT2D eigenvalue weighted by Crippen LogP contribution is -1.78. The Morgan fingerprint density at radius 2 is 2.25 bits per heavy atom. The van der Waals surface area contributed by atoms with Crippen molar-refractivity contribution in [3.8, 4) is 11.8 Å². The number of benzene rings is 1. The van der Waals surface area contributed by atoms with Crippen LogP contribution in [0.1, 0.15) is 11.1 Å². The third kappa shape index (κ3) is 1.86. The molecule has 1 aromatic carbocycles. The van der Waals surface area contributed by atoms with Gasteiger partial charge in [-0.1, -0.05) is 6.07 Å². The van der Waals surface area contributed by atoms with Crippen molar-refractivity contribution in [2.24, 2.45) is 0 Å². The second kappa shape index (κ2) is 3.59. The van der Waals surface area contributed by atoms with Gasteiger partial charge in [-0.2, -0.15) is 5.26 Å². The smallest absolute Gasteiger partial charge is 0.116 e. The third-order valence-electron chi connectivity index (χ3n) is 1.60. The van der Waals surface area contributed by atoms with Gasteiger partial charge >= 0.3 is 0 Å². The zero-order valence-electron chi connectivity index (χ0n) is 6.78. The maximum atomic E-state index is 9.12. The predicted molar refractivity (Wildman–Crippen MR) is 47.5 cm³/mol. The van der Waals surface area contributed by atoms with E-state index in [1.54, 1.807) is 18.2 Å². The summed E-state index contributed by atoms with van der Waals surface area (Å²) in [6.45, 7) is 1.93. The summed E-state index contributed by atoms with van der Waals surface area (Å²) in [6, 6.07) is 6.96. The van der Waals surface area contributed by atoms with Crippen molar-refractivity contribution in [1.82, 2.24) is 0 Å². The number of nitriles is 1. The Kier molecular flexibility index (Phi) is 2.49. The van der Waals surface area contributed by atoms with Crippen molar-refractivity contribution in [3.63, 3.8) is 0 Å². The van der Waals surface area contributed by atoms with Gasteiger partial charge < -0.3 is 5.11 Å². The fourth-order valence-corrected chi connectivity index (χ4v) is 0.934. The molecule has 0 aliphatic rings. The average molecular weight is 159 g/mol. The summed E-state index contributed by atoms with van der Waals surface area (Å²) < 4.78 is 0. The molecule has 60 valence electrons. The number of rotatable bonds is 1. The first-order valence-electron chi connectivity index (χ1n) is 3.60. The lowest BCUT2D eigenvalue weighted by Gasteiger charge is -1.99. The van der Waals surface area contributed by atoms with Crippen molar-refractivity contribution >= 4 is 6.08 Å². The molecule has 0 saturated carbocycles. The summed E-state index contributed by atoms with van der Waals surface area (Å²) >= 11 is 0. The van der Waals surface area contributed by atoms with E-state index in [0.29, 0.717) is 0 Å². The SMILES string of the molecule is Cc1ccc(O)cc1C=CC#N. The van der Waals surface area contributed by atoms with Crippen LogP contribution in [0.15, 0.2) is 24.3 Å². The van der Waals surface area contributed by atoms with Gasteiger partial charge in [0.05, 0.1) is 6.07 Å². The van der Waals surface area contributed by atoms with E-state index in [-0.39, 0.29) is 5.75 Å². The lowest BCUT2D eigenvalue weighted by molar-refractivity contribution is 0.475. The van der Waals surface area contributed by atoms with E-state index in [1.165, 1.54) is 6.08 Å². The monoisotopic (exact) mass is 159 g/mol. The number of phenols is 1. The standard InChI is InChI=1S/C10H9NO/c1-8-4-5-10(12)7-9(8)3-2-6-11/h2-5,7,12H,1H3. The first-order valence-corrected chi connectivity index (χ1v) is 3.60. The zero-order chi connectivity index (χ0) is 8.97. The molecule has 2 heteroatoms. The van der Waals surface area contributed by atoms with Crippen molar-refractivity contribution in [2.75, 3.05) is 0 Å². The lowest BCUT2D eigenvalue weighted by atomic mass is 10.1. The van der Waals surface area contributed by atoms with E-state index in [2.05, 4.69) is 0 Å². The van der Waals surface area contributed by atoms with Crippen molar-refractivity contribution in [2.45, 2.75) is 6.92 Å². The molecular formula is C10H9NO. The van der Waals surface area contributed by atoms with Crippen LogP contribution in [0.3, 0.4) is 0 Å². The molecule has 1 rings (SSSR count). The first kappa shape index (κ1) is 8.35. The van der Waals surface area contributed by atoms with Crippen LogP contribution in [0.4, 0.5) is 0 Å². The maximum absolute atomic E-state index is 9.12. The van der Waals surface area contributed by atoms with Gasteiger partial charge in [0.15, 0.2) is 0 Å². The van der Waals surface area contributed by atoms with Crippen molar-refractivity contribution in [3.05, 3.63) is 35.4 Å². The second-order valence-corrected chi connectivity index (χ2v) is 2.50. The van der Waals surface area contributed by atoms with Crippen LogP contribution in [0.2, 0.25) is 0 Å². The predicted octanol–water partition coefficient (Wildman–Crippen LogP) is 2.24. The number of nitrogens with zero attached hydrogens (tertiary/aromatic N) is 1. The molecule has 12 heavy (non-hydrogen) atoms.